The van der Waals surface area contributed by atoms with E-state index in [9.17, 15) is 15.0 Å². The van der Waals surface area contributed by atoms with E-state index in [1.807, 2.05) is 12.1 Å². The second-order valence-electron chi connectivity index (χ2n) is 8.96. The Labute approximate surface area is 147 Å². The number of nitrogens with zero attached hydrogens (tertiary/aromatic N) is 1. The van der Waals surface area contributed by atoms with Crippen molar-refractivity contribution in [3.8, 4) is 5.75 Å². The van der Waals surface area contributed by atoms with E-state index in [2.05, 4.69) is 11.4 Å². The van der Waals surface area contributed by atoms with Crippen LogP contribution >= 0.6 is 0 Å². The number of rotatable bonds is 0. The second-order valence-corrected chi connectivity index (χ2v) is 8.96. The van der Waals surface area contributed by atoms with Gasteiger partial charge in [-0.15, -0.1) is 0 Å². The minimum Gasteiger partial charge on any atom is -0.508 e. The third-order valence-electron chi connectivity index (χ3n) is 8.55. The van der Waals surface area contributed by atoms with Gasteiger partial charge in [0, 0.05) is 24.0 Å². The molecule has 6 rings (SSSR count). The van der Waals surface area contributed by atoms with E-state index in [0.29, 0.717) is 30.2 Å². The molecule has 0 spiro atoms. The van der Waals surface area contributed by atoms with Crippen LogP contribution in [0, 0.1) is 17.3 Å². The third-order valence-corrected chi connectivity index (χ3v) is 8.55. The van der Waals surface area contributed by atoms with Crippen molar-refractivity contribution in [2.24, 2.45) is 17.3 Å². The standard InChI is InChI=1S/C20H24N2O3/c23-13-2-1-11-7-16-19-4-3-15-17(12(9-19)10-22(15)18(24)25)20(19,5-6-21-16)14(11)8-13/h1-2,8,12,15-17,21,23H,3-7,9-10H2,(H,24,25)/t12-,15-,16-,17-,19-,20+/m1/s1. The number of hydrogen-bond donors (Lipinski definition) is 3. The second kappa shape index (κ2) is 4.32. The van der Waals surface area contributed by atoms with Crippen molar-refractivity contribution in [2.45, 2.75) is 49.6 Å². The molecule has 6 atom stereocenters. The SMILES string of the molecule is O=C(O)N1C[C@H]2C[C@@]34CC[C@@H]1[C@@H]2[C@@]31CCN[C@@H]4Cc2ccc(O)cc21. The molecule has 2 aliphatic heterocycles. The minimum absolute atomic E-state index is 0.0486. The summed E-state index contributed by atoms with van der Waals surface area (Å²) in [6, 6.07) is 6.59. The van der Waals surface area contributed by atoms with E-state index in [-0.39, 0.29) is 16.9 Å². The molecule has 2 saturated heterocycles. The Morgan fingerprint density at radius 3 is 3.04 bits per heavy atom. The molecule has 132 valence electrons. The van der Waals surface area contributed by atoms with Crippen LogP contribution in [0.5, 0.6) is 5.75 Å². The first kappa shape index (κ1) is 14.4. The van der Waals surface area contributed by atoms with Crippen molar-refractivity contribution in [2.75, 3.05) is 13.1 Å². The predicted octanol–water partition coefficient (Wildman–Crippen LogP) is 2.33. The molecular formula is C20H24N2O3. The van der Waals surface area contributed by atoms with Crippen LogP contribution < -0.4 is 5.32 Å². The highest BCUT2D eigenvalue weighted by atomic mass is 16.4. The molecule has 0 aromatic heterocycles. The predicted molar refractivity (Wildman–Crippen MR) is 91.7 cm³/mol. The van der Waals surface area contributed by atoms with Gasteiger partial charge in [0.2, 0.25) is 0 Å². The molecular weight excluding hydrogens is 316 g/mol. The van der Waals surface area contributed by atoms with Crippen LogP contribution in [0.25, 0.3) is 0 Å². The molecule has 0 unspecified atom stereocenters. The summed E-state index contributed by atoms with van der Waals surface area (Å²) in [5, 5.41) is 23.8. The summed E-state index contributed by atoms with van der Waals surface area (Å²) in [5.41, 5.74) is 3.01. The highest BCUT2D eigenvalue weighted by Gasteiger charge is 2.75. The first-order chi connectivity index (χ1) is 12.1. The molecule has 5 nitrogen and oxygen atoms in total. The van der Waals surface area contributed by atoms with Gasteiger partial charge in [-0.05, 0) is 79.2 Å². The summed E-state index contributed by atoms with van der Waals surface area (Å²) < 4.78 is 0. The van der Waals surface area contributed by atoms with E-state index >= 15 is 0 Å². The number of benzene rings is 1. The zero-order valence-electron chi connectivity index (χ0n) is 14.2. The average Bonchev–Trinajstić information content (AvgIpc) is 3.02. The molecule has 4 fully saturated rings. The molecule has 0 radical (unpaired) electrons. The van der Waals surface area contributed by atoms with Gasteiger partial charge in [-0.3, -0.25) is 0 Å². The summed E-state index contributed by atoms with van der Waals surface area (Å²) in [6.07, 6.45) is 4.63. The highest BCUT2D eigenvalue weighted by Crippen LogP contribution is 2.74. The molecule has 5 aliphatic rings. The Kier molecular flexibility index (Phi) is 2.49. The van der Waals surface area contributed by atoms with Gasteiger partial charge in [0.1, 0.15) is 5.75 Å². The average molecular weight is 340 g/mol. The fourth-order valence-corrected chi connectivity index (χ4v) is 8.11. The smallest absolute Gasteiger partial charge is 0.407 e. The van der Waals surface area contributed by atoms with Crippen LogP contribution in [-0.2, 0) is 11.8 Å². The van der Waals surface area contributed by atoms with Crippen molar-refractivity contribution in [3.63, 3.8) is 0 Å². The number of carboxylic acid groups (broad SMARTS) is 1. The molecule has 3 aliphatic carbocycles. The van der Waals surface area contributed by atoms with Gasteiger partial charge in [0.15, 0.2) is 0 Å². The molecule has 1 amide bonds. The lowest BCUT2D eigenvalue weighted by Gasteiger charge is -2.64. The number of amides is 1. The molecule has 2 saturated carbocycles. The number of hydrogen-bond acceptors (Lipinski definition) is 3. The van der Waals surface area contributed by atoms with E-state index in [1.165, 1.54) is 11.1 Å². The molecule has 2 heterocycles. The Balaban J connectivity index is 1.61. The summed E-state index contributed by atoms with van der Waals surface area (Å²) in [6.45, 7) is 1.71. The lowest BCUT2D eigenvalue weighted by molar-refractivity contribution is -0.0452. The van der Waals surface area contributed by atoms with Crippen LogP contribution in [-0.4, -0.2) is 46.4 Å². The number of aromatic hydroxyl groups is 1. The van der Waals surface area contributed by atoms with Gasteiger partial charge >= 0.3 is 6.09 Å². The number of piperidine rings is 1. The molecule has 1 aromatic rings. The Bertz CT molecular complexity index is 795. The molecule has 5 heteroatoms. The maximum Gasteiger partial charge on any atom is 0.407 e. The van der Waals surface area contributed by atoms with Gasteiger partial charge in [0.25, 0.3) is 0 Å². The zero-order chi connectivity index (χ0) is 17.0. The van der Waals surface area contributed by atoms with Gasteiger partial charge in [-0.25, -0.2) is 4.79 Å². The Hall–Kier alpha value is -1.75. The number of likely N-dealkylation sites (tertiary alicyclic amines) is 1. The normalized spacial score (nSPS) is 45.8. The van der Waals surface area contributed by atoms with Crippen LogP contribution in [0.4, 0.5) is 4.79 Å². The highest BCUT2D eigenvalue weighted by molar-refractivity contribution is 5.67. The van der Waals surface area contributed by atoms with Gasteiger partial charge in [-0.1, -0.05) is 6.07 Å². The van der Waals surface area contributed by atoms with Crippen molar-refractivity contribution in [1.82, 2.24) is 10.2 Å². The maximum absolute atomic E-state index is 11.8. The summed E-state index contributed by atoms with van der Waals surface area (Å²) >= 11 is 0. The number of nitrogens with one attached hydrogen (secondary N) is 1. The van der Waals surface area contributed by atoms with Crippen molar-refractivity contribution in [1.29, 1.82) is 0 Å². The van der Waals surface area contributed by atoms with Crippen LogP contribution in [0.15, 0.2) is 18.2 Å². The fraction of sp³-hybridized carbons (Fsp3) is 0.650. The van der Waals surface area contributed by atoms with Crippen LogP contribution in [0.3, 0.4) is 0 Å². The van der Waals surface area contributed by atoms with Crippen LogP contribution in [0.2, 0.25) is 0 Å². The molecule has 1 aromatic carbocycles. The molecule has 4 bridgehead atoms. The Morgan fingerprint density at radius 1 is 1.32 bits per heavy atom. The van der Waals surface area contributed by atoms with Gasteiger partial charge in [0.05, 0.1) is 0 Å². The van der Waals surface area contributed by atoms with Crippen molar-refractivity contribution < 1.29 is 15.0 Å². The lowest BCUT2D eigenvalue weighted by Crippen LogP contribution is -2.69. The number of phenolic OH excluding ortho intramolecular Hbond substituents is 1. The lowest BCUT2D eigenvalue weighted by atomic mass is 9.44. The van der Waals surface area contributed by atoms with Crippen molar-refractivity contribution >= 4 is 6.09 Å². The quantitative estimate of drug-likeness (QED) is 0.678. The van der Waals surface area contributed by atoms with Crippen molar-refractivity contribution in [3.05, 3.63) is 29.3 Å². The van der Waals surface area contributed by atoms with E-state index < -0.39 is 6.09 Å². The van der Waals surface area contributed by atoms with Crippen LogP contribution in [0.1, 0.15) is 36.8 Å². The summed E-state index contributed by atoms with van der Waals surface area (Å²) in [5.74, 6) is 1.25. The van der Waals surface area contributed by atoms with E-state index in [0.717, 1.165) is 38.6 Å². The van der Waals surface area contributed by atoms with Gasteiger partial charge < -0.3 is 20.4 Å². The number of phenols is 1. The van der Waals surface area contributed by atoms with E-state index in [4.69, 9.17) is 0 Å². The number of carbonyl (C=O) groups is 1. The monoisotopic (exact) mass is 340 g/mol. The maximum atomic E-state index is 11.8. The minimum atomic E-state index is -0.749. The van der Waals surface area contributed by atoms with E-state index in [1.54, 1.807) is 4.90 Å². The summed E-state index contributed by atoms with van der Waals surface area (Å²) in [4.78, 5) is 13.6. The summed E-state index contributed by atoms with van der Waals surface area (Å²) in [7, 11) is 0. The zero-order valence-corrected chi connectivity index (χ0v) is 14.2. The largest absolute Gasteiger partial charge is 0.508 e. The Morgan fingerprint density at radius 2 is 2.20 bits per heavy atom. The first-order valence-electron chi connectivity index (χ1n) is 9.62. The third kappa shape index (κ3) is 1.42. The fourth-order valence-electron chi connectivity index (χ4n) is 8.11. The molecule has 3 N–H and O–H groups in total. The number of fused-ring (bicyclic) bond motifs is 1. The topological polar surface area (TPSA) is 72.8 Å². The van der Waals surface area contributed by atoms with Gasteiger partial charge in [-0.2, -0.15) is 0 Å². The molecule has 25 heavy (non-hydrogen) atoms. The first-order valence-corrected chi connectivity index (χ1v) is 9.62.